The van der Waals surface area contributed by atoms with Crippen molar-refractivity contribution in [2.45, 2.75) is 44.3 Å². The predicted molar refractivity (Wildman–Crippen MR) is 88.5 cm³/mol. The van der Waals surface area contributed by atoms with E-state index in [4.69, 9.17) is 9.47 Å². The molecule has 2 fully saturated rings. The van der Waals surface area contributed by atoms with E-state index in [9.17, 15) is 9.90 Å². The Balaban J connectivity index is 1.45. The number of piperidine rings is 1. The molecule has 1 aromatic rings. The minimum Gasteiger partial charge on any atom is -0.383 e. The van der Waals surface area contributed by atoms with Gasteiger partial charge in [-0.05, 0) is 44.2 Å². The molecule has 2 saturated heterocycles. The van der Waals surface area contributed by atoms with Crippen LogP contribution in [0.15, 0.2) is 18.3 Å². The number of ether oxygens (including phenoxy) is 2. The lowest BCUT2D eigenvalue weighted by Crippen LogP contribution is -2.46. The number of nitrogens with zero attached hydrogens (tertiary/aromatic N) is 2. The van der Waals surface area contributed by atoms with Crippen molar-refractivity contribution in [1.29, 1.82) is 0 Å². The molecule has 24 heavy (non-hydrogen) atoms. The maximum atomic E-state index is 12.2. The van der Waals surface area contributed by atoms with Crippen LogP contribution in [0.2, 0.25) is 0 Å². The van der Waals surface area contributed by atoms with Gasteiger partial charge in [0.1, 0.15) is 12.2 Å². The number of amides is 1. The first kappa shape index (κ1) is 17.3. The molecular weight excluding hydrogens is 308 g/mol. The zero-order valence-corrected chi connectivity index (χ0v) is 14.2. The van der Waals surface area contributed by atoms with Crippen LogP contribution in [0.25, 0.3) is 0 Å². The van der Waals surface area contributed by atoms with Crippen LogP contribution < -0.4 is 0 Å². The number of aromatic nitrogens is 1. The smallest absolute Gasteiger partial charge is 0.248 e. The van der Waals surface area contributed by atoms with Crippen LogP contribution in [0.5, 0.6) is 0 Å². The van der Waals surface area contributed by atoms with Crippen LogP contribution in [0.1, 0.15) is 36.9 Å². The first-order valence-corrected chi connectivity index (χ1v) is 8.69. The standard InChI is InChI=1S/C18H26N2O4/c1-14-4-5-16(19-11-14)18(22)6-8-20(9-7-18)17(21)13-23-12-15-3-2-10-24-15/h4-5,11,15,22H,2-3,6-10,12-13H2,1H3. The fraction of sp³-hybridized carbons (Fsp3) is 0.667. The van der Waals surface area contributed by atoms with Gasteiger partial charge in [0, 0.05) is 25.9 Å². The van der Waals surface area contributed by atoms with Gasteiger partial charge in [-0.25, -0.2) is 0 Å². The van der Waals surface area contributed by atoms with Crippen molar-refractivity contribution in [2.24, 2.45) is 0 Å². The van der Waals surface area contributed by atoms with E-state index in [2.05, 4.69) is 4.98 Å². The van der Waals surface area contributed by atoms with E-state index in [0.29, 0.717) is 38.2 Å². The summed E-state index contributed by atoms with van der Waals surface area (Å²) in [4.78, 5) is 18.3. The molecule has 0 radical (unpaired) electrons. The van der Waals surface area contributed by atoms with Crippen LogP contribution in [0.3, 0.4) is 0 Å². The highest BCUT2D eigenvalue weighted by Gasteiger charge is 2.36. The van der Waals surface area contributed by atoms with Crippen molar-refractivity contribution in [2.75, 3.05) is 32.9 Å². The van der Waals surface area contributed by atoms with E-state index >= 15 is 0 Å². The average molecular weight is 334 g/mol. The summed E-state index contributed by atoms with van der Waals surface area (Å²) in [5.41, 5.74) is 0.816. The minimum absolute atomic E-state index is 0.0214. The second kappa shape index (κ2) is 7.59. The van der Waals surface area contributed by atoms with E-state index in [1.54, 1.807) is 11.1 Å². The molecule has 0 aromatic carbocycles. The normalized spacial score (nSPS) is 23.4. The Labute approximate surface area is 142 Å². The van der Waals surface area contributed by atoms with Crippen LogP contribution in [0.4, 0.5) is 0 Å². The van der Waals surface area contributed by atoms with Gasteiger partial charge in [-0.15, -0.1) is 0 Å². The van der Waals surface area contributed by atoms with Crippen LogP contribution in [-0.4, -0.2) is 59.9 Å². The lowest BCUT2D eigenvalue weighted by atomic mass is 9.87. The topological polar surface area (TPSA) is 71.9 Å². The summed E-state index contributed by atoms with van der Waals surface area (Å²) in [6, 6.07) is 3.83. The van der Waals surface area contributed by atoms with Gasteiger partial charge in [0.05, 0.1) is 18.4 Å². The van der Waals surface area contributed by atoms with Gasteiger partial charge in [-0.2, -0.15) is 0 Å². The Kier molecular flexibility index (Phi) is 5.48. The zero-order chi connectivity index (χ0) is 17.0. The van der Waals surface area contributed by atoms with Gasteiger partial charge in [-0.1, -0.05) is 6.07 Å². The van der Waals surface area contributed by atoms with Gasteiger partial charge in [-0.3, -0.25) is 9.78 Å². The monoisotopic (exact) mass is 334 g/mol. The van der Waals surface area contributed by atoms with Crippen molar-refractivity contribution in [3.8, 4) is 0 Å². The number of carbonyl (C=O) groups is 1. The number of aryl methyl sites for hydroxylation is 1. The summed E-state index contributed by atoms with van der Waals surface area (Å²) < 4.78 is 11.0. The Bertz CT molecular complexity index is 547. The number of rotatable bonds is 5. The van der Waals surface area contributed by atoms with Gasteiger partial charge in [0.15, 0.2) is 0 Å². The number of aliphatic hydroxyl groups is 1. The summed E-state index contributed by atoms with van der Waals surface area (Å²) in [5.74, 6) is -0.0214. The summed E-state index contributed by atoms with van der Waals surface area (Å²) in [7, 11) is 0. The molecule has 1 amide bonds. The maximum Gasteiger partial charge on any atom is 0.248 e. The number of hydrogen-bond donors (Lipinski definition) is 1. The quantitative estimate of drug-likeness (QED) is 0.881. The average Bonchev–Trinajstić information content (AvgIpc) is 3.09. The number of hydrogen-bond acceptors (Lipinski definition) is 5. The van der Waals surface area contributed by atoms with Gasteiger partial charge < -0.3 is 19.5 Å². The Morgan fingerprint density at radius 2 is 2.25 bits per heavy atom. The molecule has 1 atom stereocenters. The predicted octanol–water partition coefficient (Wildman–Crippen LogP) is 1.40. The molecule has 2 aliphatic heterocycles. The van der Waals surface area contributed by atoms with Crippen LogP contribution in [-0.2, 0) is 19.9 Å². The summed E-state index contributed by atoms with van der Waals surface area (Å²) in [5, 5.41) is 10.8. The fourth-order valence-electron chi connectivity index (χ4n) is 3.27. The number of likely N-dealkylation sites (tertiary alicyclic amines) is 1. The van der Waals surface area contributed by atoms with Crippen molar-refractivity contribution in [3.63, 3.8) is 0 Å². The summed E-state index contributed by atoms with van der Waals surface area (Å²) >= 11 is 0. The van der Waals surface area contributed by atoms with E-state index in [1.807, 2.05) is 19.1 Å². The third kappa shape index (κ3) is 4.12. The molecular formula is C18H26N2O4. The molecule has 6 nitrogen and oxygen atoms in total. The largest absolute Gasteiger partial charge is 0.383 e. The molecule has 0 aliphatic carbocycles. The second-order valence-corrected chi connectivity index (χ2v) is 6.78. The van der Waals surface area contributed by atoms with E-state index in [0.717, 1.165) is 25.0 Å². The van der Waals surface area contributed by atoms with Crippen molar-refractivity contribution in [3.05, 3.63) is 29.6 Å². The first-order valence-electron chi connectivity index (χ1n) is 8.69. The van der Waals surface area contributed by atoms with Crippen molar-refractivity contribution < 1.29 is 19.4 Å². The summed E-state index contributed by atoms with van der Waals surface area (Å²) in [6.45, 7) is 4.37. The van der Waals surface area contributed by atoms with E-state index < -0.39 is 5.60 Å². The van der Waals surface area contributed by atoms with Gasteiger partial charge >= 0.3 is 0 Å². The SMILES string of the molecule is Cc1ccc(C2(O)CCN(C(=O)COCC3CCCO3)CC2)nc1. The molecule has 3 heterocycles. The molecule has 0 spiro atoms. The third-order valence-electron chi connectivity index (χ3n) is 4.88. The van der Waals surface area contributed by atoms with Crippen LogP contribution in [0, 0.1) is 6.92 Å². The minimum atomic E-state index is -0.941. The van der Waals surface area contributed by atoms with Crippen molar-refractivity contribution in [1.82, 2.24) is 9.88 Å². The van der Waals surface area contributed by atoms with Gasteiger partial charge in [0.2, 0.25) is 5.91 Å². The first-order chi connectivity index (χ1) is 11.6. The molecule has 2 aliphatic rings. The lowest BCUT2D eigenvalue weighted by Gasteiger charge is -2.37. The van der Waals surface area contributed by atoms with E-state index in [-0.39, 0.29) is 18.6 Å². The molecule has 1 unspecified atom stereocenters. The Hall–Kier alpha value is -1.50. The highest BCUT2D eigenvalue weighted by molar-refractivity contribution is 5.77. The third-order valence-corrected chi connectivity index (χ3v) is 4.88. The summed E-state index contributed by atoms with van der Waals surface area (Å²) in [6.07, 6.45) is 4.98. The van der Waals surface area contributed by atoms with Crippen molar-refractivity contribution >= 4 is 5.91 Å². The second-order valence-electron chi connectivity index (χ2n) is 6.78. The Morgan fingerprint density at radius 3 is 2.88 bits per heavy atom. The molecule has 3 rings (SSSR count). The molecule has 1 aromatic heterocycles. The highest BCUT2D eigenvalue weighted by atomic mass is 16.5. The molecule has 6 heteroatoms. The molecule has 132 valence electrons. The molecule has 1 N–H and O–H groups in total. The molecule has 0 saturated carbocycles. The Morgan fingerprint density at radius 1 is 1.46 bits per heavy atom. The number of pyridine rings is 1. The fourth-order valence-corrected chi connectivity index (χ4v) is 3.27. The molecule has 0 bridgehead atoms. The maximum absolute atomic E-state index is 12.2. The zero-order valence-electron chi connectivity index (χ0n) is 14.2. The number of carbonyl (C=O) groups excluding carboxylic acids is 1. The lowest BCUT2D eigenvalue weighted by molar-refractivity contribution is -0.141. The van der Waals surface area contributed by atoms with E-state index in [1.165, 1.54) is 0 Å². The van der Waals surface area contributed by atoms with Gasteiger partial charge in [0.25, 0.3) is 0 Å². The van der Waals surface area contributed by atoms with Crippen LogP contribution >= 0.6 is 0 Å². The highest BCUT2D eigenvalue weighted by Crippen LogP contribution is 2.31.